The van der Waals surface area contributed by atoms with E-state index in [1.165, 1.54) is 0 Å². The Morgan fingerprint density at radius 1 is 1.14 bits per heavy atom. The van der Waals surface area contributed by atoms with E-state index in [4.69, 9.17) is 0 Å². The molecule has 1 amide bonds. The lowest BCUT2D eigenvalue weighted by atomic mass is 9.64. The molecule has 1 fully saturated rings. The van der Waals surface area contributed by atoms with Crippen molar-refractivity contribution in [2.75, 3.05) is 6.54 Å². The summed E-state index contributed by atoms with van der Waals surface area (Å²) in [5, 5.41) is 2.81. The average Bonchev–Trinajstić information content (AvgIpc) is 2.60. The first kappa shape index (κ1) is 20.5. The largest absolute Gasteiger partial charge is 0.351 e. The van der Waals surface area contributed by atoms with Crippen molar-refractivity contribution in [2.24, 2.45) is 0 Å². The van der Waals surface area contributed by atoms with Gasteiger partial charge in [0.25, 0.3) is 5.91 Å². The summed E-state index contributed by atoms with van der Waals surface area (Å²) in [5.74, 6) is -1.36. The highest BCUT2D eigenvalue weighted by Crippen LogP contribution is 2.43. The van der Waals surface area contributed by atoms with Gasteiger partial charge in [0.15, 0.2) is 0 Å². The molecule has 0 bridgehead atoms. The Kier molecular flexibility index (Phi) is 5.86. The summed E-state index contributed by atoms with van der Waals surface area (Å²) in [7, 11) is -3.81. The summed E-state index contributed by atoms with van der Waals surface area (Å²) in [5.41, 5.74) is 0.740. The van der Waals surface area contributed by atoms with E-state index in [1.54, 1.807) is 13.8 Å². The first-order valence-electron chi connectivity index (χ1n) is 9.39. The number of amides is 1. The number of carbonyl (C=O) groups is 1. The fourth-order valence-corrected chi connectivity index (χ4v) is 4.81. The Bertz CT molecular complexity index is 955. The molecule has 1 aliphatic carbocycles. The number of rotatable bonds is 7. The lowest BCUT2D eigenvalue weighted by Gasteiger charge is -2.42. The summed E-state index contributed by atoms with van der Waals surface area (Å²) in [6, 6.07) is 12.9. The molecular formula is C21H25FN2O3S. The van der Waals surface area contributed by atoms with E-state index in [1.807, 2.05) is 30.3 Å². The van der Waals surface area contributed by atoms with E-state index in [-0.39, 0.29) is 21.9 Å². The van der Waals surface area contributed by atoms with Crippen molar-refractivity contribution >= 4 is 15.9 Å². The van der Waals surface area contributed by atoms with Gasteiger partial charge in [-0.25, -0.2) is 17.5 Å². The molecule has 0 radical (unpaired) electrons. The Morgan fingerprint density at radius 2 is 1.82 bits per heavy atom. The zero-order valence-corrected chi connectivity index (χ0v) is 16.9. The minimum atomic E-state index is -3.81. The summed E-state index contributed by atoms with van der Waals surface area (Å²) >= 11 is 0. The lowest BCUT2D eigenvalue weighted by Crippen LogP contribution is -2.45. The van der Waals surface area contributed by atoms with Crippen molar-refractivity contribution in [1.82, 2.24) is 10.0 Å². The zero-order valence-electron chi connectivity index (χ0n) is 16.0. The third-order valence-corrected chi connectivity index (χ3v) is 6.82. The van der Waals surface area contributed by atoms with Crippen LogP contribution in [0.2, 0.25) is 0 Å². The highest BCUT2D eigenvalue weighted by molar-refractivity contribution is 7.89. The average molecular weight is 405 g/mol. The van der Waals surface area contributed by atoms with E-state index < -0.39 is 21.7 Å². The Labute approximate surface area is 165 Å². The fourth-order valence-electron chi connectivity index (χ4n) is 3.53. The van der Waals surface area contributed by atoms with Gasteiger partial charge in [-0.2, -0.15) is 0 Å². The molecule has 0 atom stereocenters. The number of carbonyl (C=O) groups excluding carboxylic acids is 1. The van der Waals surface area contributed by atoms with Gasteiger partial charge in [0.05, 0.1) is 10.5 Å². The Balaban J connectivity index is 1.78. The minimum absolute atomic E-state index is 0.130. The van der Waals surface area contributed by atoms with Crippen molar-refractivity contribution in [1.29, 1.82) is 0 Å². The normalized spacial score (nSPS) is 15.9. The predicted octanol–water partition coefficient (Wildman–Crippen LogP) is 3.36. The van der Waals surface area contributed by atoms with Crippen LogP contribution in [-0.4, -0.2) is 26.9 Å². The number of halogens is 1. The monoisotopic (exact) mass is 404 g/mol. The molecule has 5 nitrogen and oxygen atoms in total. The van der Waals surface area contributed by atoms with E-state index in [0.717, 1.165) is 43.0 Å². The van der Waals surface area contributed by atoms with Crippen molar-refractivity contribution in [3.8, 4) is 0 Å². The lowest BCUT2D eigenvalue weighted by molar-refractivity contribution is 0.0923. The van der Waals surface area contributed by atoms with Crippen molar-refractivity contribution in [3.63, 3.8) is 0 Å². The molecule has 1 aliphatic rings. The predicted molar refractivity (Wildman–Crippen MR) is 106 cm³/mol. The molecule has 0 unspecified atom stereocenters. The first-order valence-corrected chi connectivity index (χ1v) is 10.9. The van der Waals surface area contributed by atoms with E-state index in [2.05, 4.69) is 10.0 Å². The summed E-state index contributed by atoms with van der Waals surface area (Å²) in [4.78, 5) is 12.5. The standard InChI is InChI=1S/C21H25FN2O3S/c1-15(2)24-28(26,27)17-9-10-19(22)18(13-17)20(25)23-14-21(11-6-12-21)16-7-4-3-5-8-16/h3-5,7-10,13,15,24H,6,11-12,14H2,1-2H3,(H,23,25). The van der Waals surface area contributed by atoms with Gasteiger partial charge in [0.1, 0.15) is 5.82 Å². The smallest absolute Gasteiger partial charge is 0.254 e. The zero-order chi connectivity index (χ0) is 20.4. The van der Waals surface area contributed by atoms with Gasteiger partial charge in [0.2, 0.25) is 10.0 Å². The molecule has 0 heterocycles. The Morgan fingerprint density at radius 3 is 2.39 bits per heavy atom. The molecular weight excluding hydrogens is 379 g/mol. The van der Waals surface area contributed by atoms with Crippen molar-refractivity contribution in [3.05, 3.63) is 65.5 Å². The van der Waals surface area contributed by atoms with Crippen LogP contribution in [0.4, 0.5) is 4.39 Å². The molecule has 0 aliphatic heterocycles. The van der Waals surface area contributed by atoms with Gasteiger partial charge in [-0.1, -0.05) is 36.8 Å². The minimum Gasteiger partial charge on any atom is -0.351 e. The van der Waals surface area contributed by atoms with E-state index >= 15 is 0 Å². The van der Waals surface area contributed by atoms with Crippen LogP contribution in [0.25, 0.3) is 0 Å². The van der Waals surface area contributed by atoms with Gasteiger partial charge in [-0.15, -0.1) is 0 Å². The van der Waals surface area contributed by atoms with Crippen molar-refractivity contribution < 1.29 is 17.6 Å². The molecule has 150 valence electrons. The summed E-state index contributed by atoms with van der Waals surface area (Å²) in [6.45, 7) is 3.77. The number of hydrogen-bond acceptors (Lipinski definition) is 3. The topological polar surface area (TPSA) is 75.3 Å². The van der Waals surface area contributed by atoms with Crippen LogP contribution < -0.4 is 10.0 Å². The van der Waals surface area contributed by atoms with Gasteiger partial charge in [-0.05, 0) is 50.5 Å². The second kappa shape index (κ2) is 8.01. The van der Waals surface area contributed by atoms with Crippen LogP contribution in [0.5, 0.6) is 0 Å². The van der Waals surface area contributed by atoms with Gasteiger partial charge in [-0.3, -0.25) is 4.79 Å². The SMILES string of the molecule is CC(C)NS(=O)(=O)c1ccc(F)c(C(=O)NCC2(c3ccccc3)CCC2)c1. The molecule has 0 aromatic heterocycles. The van der Waals surface area contributed by atoms with Gasteiger partial charge < -0.3 is 5.32 Å². The first-order chi connectivity index (χ1) is 13.2. The molecule has 1 saturated carbocycles. The van der Waals surface area contributed by atoms with Crippen LogP contribution in [-0.2, 0) is 15.4 Å². The van der Waals surface area contributed by atoms with Crippen LogP contribution in [0, 0.1) is 5.82 Å². The highest BCUT2D eigenvalue weighted by atomic mass is 32.2. The van der Waals surface area contributed by atoms with Gasteiger partial charge >= 0.3 is 0 Å². The number of nitrogens with one attached hydrogen (secondary N) is 2. The molecule has 0 saturated heterocycles. The number of sulfonamides is 1. The third kappa shape index (κ3) is 4.25. The summed E-state index contributed by atoms with van der Waals surface area (Å²) in [6.07, 6.45) is 2.98. The van der Waals surface area contributed by atoms with E-state index in [0.29, 0.717) is 6.54 Å². The maximum Gasteiger partial charge on any atom is 0.254 e. The molecule has 0 spiro atoms. The van der Waals surface area contributed by atoms with E-state index in [9.17, 15) is 17.6 Å². The number of hydrogen-bond donors (Lipinski definition) is 2. The molecule has 3 rings (SSSR count). The molecule has 2 aromatic carbocycles. The number of benzene rings is 2. The fraction of sp³-hybridized carbons (Fsp3) is 0.381. The summed E-state index contributed by atoms with van der Waals surface area (Å²) < 4.78 is 41.3. The van der Waals surface area contributed by atoms with Crippen molar-refractivity contribution in [2.45, 2.75) is 49.5 Å². The van der Waals surface area contributed by atoms with Crippen LogP contribution in [0.1, 0.15) is 49.0 Å². The molecule has 7 heteroatoms. The van der Waals surface area contributed by atoms with Crippen LogP contribution in [0.3, 0.4) is 0 Å². The Hall–Kier alpha value is -2.25. The van der Waals surface area contributed by atoms with Crippen LogP contribution in [0.15, 0.2) is 53.4 Å². The quantitative estimate of drug-likeness (QED) is 0.743. The second-order valence-electron chi connectivity index (χ2n) is 7.60. The maximum absolute atomic E-state index is 14.2. The van der Waals surface area contributed by atoms with Crippen LogP contribution >= 0.6 is 0 Å². The maximum atomic E-state index is 14.2. The molecule has 28 heavy (non-hydrogen) atoms. The molecule has 2 aromatic rings. The van der Waals surface area contributed by atoms with Gasteiger partial charge in [0, 0.05) is 18.0 Å². The second-order valence-corrected chi connectivity index (χ2v) is 9.31. The molecule has 2 N–H and O–H groups in total. The third-order valence-electron chi connectivity index (χ3n) is 5.17. The highest BCUT2D eigenvalue weighted by Gasteiger charge is 2.38.